The number of amides is 1. The molecule has 0 N–H and O–H groups in total. The summed E-state index contributed by atoms with van der Waals surface area (Å²) in [4.78, 5) is 16.1. The molecule has 1 aliphatic heterocycles. The quantitative estimate of drug-likeness (QED) is 0.743. The summed E-state index contributed by atoms with van der Waals surface area (Å²) < 4.78 is 36.5. The molecule has 1 saturated heterocycles. The Labute approximate surface area is 104 Å². The van der Waals surface area contributed by atoms with E-state index in [0.717, 1.165) is 22.7 Å². The van der Waals surface area contributed by atoms with Crippen LogP contribution in [0.15, 0.2) is 18.2 Å². The molecule has 1 aliphatic rings. The van der Waals surface area contributed by atoms with Crippen LogP contribution >= 0.6 is 23.4 Å². The standard InChI is InChI=1S/C9H6ClF3N2OS/c10-7-8(16)15(4-17-7)6-3-1-2-5(14-6)9(11,12)13/h1-3,7H,4H2. The number of hydrogen-bond acceptors (Lipinski definition) is 3. The summed E-state index contributed by atoms with van der Waals surface area (Å²) in [6.45, 7) is 0. The van der Waals surface area contributed by atoms with Gasteiger partial charge in [0.15, 0.2) is 4.71 Å². The van der Waals surface area contributed by atoms with Crippen molar-refractivity contribution in [3.8, 4) is 0 Å². The molecule has 1 aromatic heterocycles. The second-order valence-corrected chi connectivity index (χ2v) is 5.02. The van der Waals surface area contributed by atoms with Gasteiger partial charge in [0.05, 0.1) is 5.88 Å². The molecule has 2 heterocycles. The van der Waals surface area contributed by atoms with Crippen LogP contribution in [0, 0.1) is 0 Å². The molecule has 0 aliphatic carbocycles. The van der Waals surface area contributed by atoms with Crippen molar-refractivity contribution in [2.45, 2.75) is 10.9 Å². The third-order valence-corrected chi connectivity index (χ3v) is 3.58. The van der Waals surface area contributed by atoms with E-state index in [-0.39, 0.29) is 11.7 Å². The Morgan fingerprint density at radius 2 is 2.18 bits per heavy atom. The number of nitrogens with zero attached hydrogens (tertiary/aromatic N) is 2. The normalized spacial score (nSPS) is 21.1. The van der Waals surface area contributed by atoms with Gasteiger partial charge in [0.2, 0.25) is 0 Å². The van der Waals surface area contributed by atoms with Gasteiger partial charge >= 0.3 is 6.18 Å². The van der Waals surface area contributed by atoms with Gasteiger partial charge in [-0.3, -0.25) is 9.69 Å². The first kappa shape index (κ1) is 12.5. The van der Waals surface area contributed by atoms with Gasteiger partial charge in [0.1, 0.15) is 11.5 Å². The highest BCUT2D eigenvalue weighted by atomic mass is 35.5. The molecule has 0 saturated carbocycles. The van der Waals surface area contributed by atoms with Gasteiger partial charge in [-0.05, 0) is 12.1 Å². The van der Waals surface area contributed by atoms with Gasteiger partial charge in [-0.2, -0.15) is 13.2 Å². The lowest BCUT2D eigenvalue weighted by Crippen LogP contribution is -2.28. The summed E-state index contributed by atoms with van der Waals surface area (Å²) in [7, 11) is 0. The maximum Gasteiger partial charge on any atom is 0.433 e. The number of alkyl halides is 4. The minimum Gasteiger partial charge on any atom is -0.285 e. The number of aromatic nitrogens is 1. The van der Waals surface area contributed by atoms with E-state index in [1.165, 1.54) is 12.1 Å². The molecule has 1 atom stereocenters. The third kappa shape index (κ3) is 2.50. The average Bonchev–Trinajstić information content (AvgIpc) is 2.59. The Balaban J connectivity index is 2.31. The summed E-state index contributed by atoms with van der Waals surface area (Å²) in [5.74, 6) is -0.259. The largest absolute Gasteiger partial charge is 0.433 e. The molecule has 1 aromatic rings. The maximum atomic E-state index is 12.4. The Morgan fingerprint density at radius 3 is 2.71 bits per heavy atom. The van der Waals surface area contributed by atoms with Crippen LogP contribution in [0.5, 0.6) is 0 Å². The minimum absolute atomic E-state index is 0.0273. The van der Waals surface area contributed by atoms with Crippen LogP contribution in [0.25, 0.3) is 0 Å². The van der Waals surface area contributed by atoms with Crippen molar-refractivity contribution in [1.82, 2.24) is 4.98 Å². The number of halogens is 4. The van der Waals surface area contributed by atoms with Crippen molar-refractivity contribution in [2.24, 2.45) is 0 Å². The molecule has 1 unspecified atom stereocenters. The van der Waals surface area contributed by atoms with Crippen LogP contribution < -0.4 is 4.90 Å². The van der Waals surface area contributed by atoms with E-state index < -0.39 is 22.5 Å². The first-order chi connectivity index (χ1) is 7.89. The summed E-state index contributed by atoms with van der Waals surface area (Å²) in [5, 5.41) is 0. The van der Waals surface area contributed by atoms with E-state index in [1.807, 2.05) is 0 Å². The van der Waals surface area contributed by atoms with Crippen LogP contribution in [0.3, 0.4) is 0 Å². The lowest BCUT2D eigenvalue weighted by atomic mass is 10.3. The minimum atomic E-state index is -4.52. The smallest absolute Gasteiger partial charge is 0.285 e. The molecule has 0 spiro atoms. The van der Waals surface area contributed by atoms with Crippen LogP contribution in [0.4, 0.5) is 19.0 Å². The third-order valence-electron chi connectivity index (χ3n) is 2.11. The van der Waals surface area contributed by atoms with E-state index in [4.69, 9.17) is 11.6 Å². The molecule has 17 heavy (non-hydrogen) atoms. The van der Waals surface area contributed by atoms with Crippen molar-refractivity contribution >= 4 is 35.1 Å². The van der Waals surface area contributed by atoms with Gasteiger partial charge < -0.3 is 0 Å². The predicted molar refractivity (Wildman–Crippen MR) is 58.8 cm³/mol. The van der Waals surface area contributed by atoms with Crippen molar-refractivity contribution in [3.63, 3.8) is 0 Å². The fraction of sp³-hybridized carbons (Fsp3) is 0.333. The van der Waals surface area contributed by atoms with Gasteiger partial charge in [-0.25, -0.2) is 4.98 Å². The van der Waals surface area contributed by atoms with E-state index >= 15 is 0 Å². The monoisotopic (exact) mass is 282 g/mol. The molecule has 0 radical (unpaired) electrons. The summed E-state index contributed by atoms with van der Waals surface area (Å²) >= 11 is 6.80. The number of carbonyl (C=O) groups is 1. The topological polar surface area (TPSA) is 33.2 Å². The Hall–Kier alpha value is -0.950. The Kier molecular flexibility index (Phi) is 3.22. The van der Waals surface area contributed by atoms with Crippen LogP contribution in [-0.2, 0) is 11.0 Å². The zero-order chi connectivity index (χ0) is 12.6. The average molecular weight is 283 g/mol. The number of thioether (sulfide) groups is 1. The molecule has 1 amide bonds. The zero-order valence-corrected chi connectivity index (χ0v) is 9.81. The van der Waals surface area contributed by atoms with Gasteiger partial charge in [-0.15, -0.1) is 23.4 Å². The van der Waals surface area contributed by atoms with Crippen molar-refractivity contribution in [1.29, 1.82) is 0 Å². The van der Waals surface area contributed by atoms with Crippen LogP contribution in [-0.4, -0.2) is 21.5 Å². The first-order valence-corrected chi connectivity index (χ1v) is 5.99. The van der Waals surface area contributed by atoms with Crippen molar-refractivity contribution in [3.05, 3.63) is 23.9 Å². The second-order valence-electron chi connectivity index (χ2n) is 3.26. The van der Waals surface area contributed by atoms with Gasteiger partial charge in [0, 0.05) is 0 Å². The van der Waals surface area contributed by atoms with Crippen molar-refractivity contribution < 1.29 is 18.0 Å². The maximum absolute atomic E-state index is 12.4. The lowest BCUT2D eigenvalue weighted by molar-refractivity contribution is -0.141. The summed E-state index contributed by atoms with van der Waals surface area (Å²) in [6, 6.07) is 3.42. The predicted octanol–water partition coefficient (Wildman–Crippen LogP) is 2.70. The molecule has 0 aromatic carbocycles. The summed E-state index contributed by atoms with van der Waals surface area (Å²) in [6.07, 6.45) is -4.52. The number of pyridine rings is 1. The Morgan fingerprint density at radius 1 is 1.47 bits per heavy atom. The highest BCUT2D eigenvalue weighted by Gasteiger charge is 2.36. The Bertz CT molecular complexity index is 454. The second kappa shape index (κ2) is 4.38. The molecule has 92 valence electrons. The van der Waals surface area contributed by atoms with Gasteiger partial charge in [0.25, 0.3) is 5.91 Å². The SMILES string of the molecule is O=C1C(Cl)SCN1c1cccc(C(F)(F)F)n1. The molecular weight excluding hydrogens is 277 g/mol. The number of hydrogen-bond donors (Lipinski definition) is 0. The van der Waals surface area contributed by atoms with Crippen LogP contribution in [0.2, 0.25) is 0 Å². The highest BCUT2D eigenvalue weighted by Crippen LogP contribution is 2.33. The molecule has 2 rings (SSSR count). The van der Waals surface area contributed by atoms with E-state index in [9.17, 15) is 18.0 Å². The van der Waals surface area contributed by atoms with E-state index in [2.05, 4.69) is 4.98 Å². The molecule has 8 heteroatoms. The number of rotatable bonds is 1. The van der Waals surface area contributed by atoms with Crippen LogP contribution in [0.1, 0.15) is 5.69 Å². The first-order valence-electron chi connectivity index (χ1n) is 4.51. The zero-order valence-electron chi connectivity index (χ0n) is 8.24. The highest BCUT2D eigenvalue weighted by molar-refractivity contribution is 8.02. The van der Waals surface area contributed by atoms with Gasteiger partial charge in [-0.1, -0.05) is 6.07 Å². The lowest BCUT2D eigenvalue weighted by Gasteiger charge is -2.15. The summed E-state index contributed by atoms with van der Waals surface area (Å²) in [5.41, 5.74) is -1.02. The number of anilines is 1. The van der Waals surface area contributed by atoms with E-state index in [1.54, 1.807) is 0 Å². The van der Waals surface area contributed by atoms with Crippen molar-refractivity contribution in [2.75, 3.05) is 10.8 Å². The molecule has 0 bridgehead atoms. The fourth-order valence-electron chi connectivity index (χ4n) is 1.31. The fourth-order valence-corrected chi connectivity index (χ4v) is 2.40. The molecule has 1 fully saturated rings. The molecule has 3 nitrogen and oxygen atoms in total. The molecular formula is C9H6ClF3N2OS. The number of carbonyl (C=O) groups excluding carboxylic acids is 1. The van der Waals surface area contributed by atoms with E-state index in [0.29, 0.717) is 0 Å².